The Morgan fingerprint density at radius 1 is 1.00 bits per heavy atom. The molecule has 2 nitrogen and oxygen atoms in total. The Balaban J connectivity index is 2.12. The summed E-state index contributed by atoms with van der Waals surface area (Å²) in [6.45, 7) is 2.02. The van der Waals surface area contributed by atoms with Gasteiger partial charge in [0.25, 0.3) is 0 Å². The average Bonchev–Trinajstić information content (AvgIpc) is 2.41. The van der Waals surface area contributed by atoms with Gasteiger partial charge in [-0.2, -0.15) is 0 Å². The maximum absolute atomic E-state index is 13.6. The summed E-state index contributed by atoms with van der Waals surface area (Å²) in [6.07, 6.45) is 0. The van der Waals surface area contributed by atoms with E-state index in [2.05, 4.69) is 34.5 Å². The van der Waals surface area contributed by atoms with Crippen LogP contribution in [0.5, 0.6) is 0 Å². The Labute approximate surface area is 113 Å². The molecular formula is C16H19FN2. The molecule has 1 atom stereocenters. The zero-order valence-corrected chi connectivity index (χ0v) is 11.5. The lowest BCUT2D eigenvalue weighted by Gasteiger charge is -2.18. The first kappa shape index (κ1) is 13.4. The van der Waals surface area contributed by atoms with Gasteiger partial charge in [-0.3, -0.25) is 0 Å². The number of nitrogens with one attached hydrogen (secondary N) is 1. The molecule has 0 aliphatic heterocycles. The zero-order chi connectivity index (χ0) is 13.8. The van der Waals surface area contributed by atoms with Gasteiger partial charge in [-0.15, -0.1) is 0 Å². The fourth-order valence-corrected chi connectivity index (χ4v) is 1.96. The highest BCUT2D eigenvalue weighted by molar-refractivity contribution is 5.49. The molecule has 19 heavy (non-hydrogen) atoms. The van der Waals surface area contributed by atoms with E-state index in [1.807, 2.05) is 27.1 Å². The Bertz CT molecular complexity index is 535. The predicted molar refractivity (Wildman–Crippen MR) is 79.2 cm³/mol. The van der Waals surface area contributed by atoms with Crippen molar-refractivity contribution in [3.8, 4) is 0 Å². The number of anilines is 2. The van der Waals surface area contributed by atoms with Crippen molar-refractivity contribution in [3.63, 3.8) is 0 Å². The first-order chi connectivity index (χ1) is 9.08. The lowest BCUT2D eigenvalue weighted by molar-refractivity contribution is 0.627. The van der Waals surface area contributed by atoms with E-state index in [4.69, 9.17) is 0 Å². The van der Waals surface area contributed by atoms with Gasteiger partial charge in [-0.25, -0.2) is 4.39 Å². The number of rotatable bonds is 4. The minimum Gasteiger partial charge on any atom is -0.378 e. The normalized spacial score (nSPS) is 12.0. The van der Waals surface area contributed by atoms with E-state index in [9.17, 15) is 4.39 Å². The van der Waals surface area contributed by atoms with Crippen LogP contribution in [0.1, 0.15) is 18.5 Å². The Morgan fingerprint density at radius 2 is 1.63 bits per heavy atom. The maximum Gasteiger partial charge on any atom is 0.146 e. The molecule has 0 bridgehead atoms. The smallest absolute Gasteiger partial charge is 0.146 e. The molecule has 0 saturated carbocycles. The van der Waals surface area contributed by atoms with E-state index in [-0.39, 0.29) is 11.9 Å². The fraction of sp³-hybridized carbons (Fsp3) is 0.250. The van der Waals surface area contributed by atoms with Gasteiger partial charge >= 0.3 is 0 Å². The second-order valence-electron chi connectivity index (χ2n) is 4.83. The molecule has 0 spiro atoms. The summed E-state index contributed by atoms with van der Waals surface area (Å²) >= 11 is 0. The SMILES string of the molecule is CC(Nc1ccccc1F)c1ccc(N(C)C)cc1. The minimum absolute atomic E-state index is 0.0631. The number of benzene rings is 2. The van der Waals surface area contributed by atoms with Crippen molar-refractivity contribution >= 4 is 11.4 Å². The van der Waals surface area contributed by atoms with Crippen molar-refractivity contribution in [2.45, 2.75) is 13.0 Å². The second kappa shape index (κ2) is 5.74. The van der Waals surface area contributed by atoms with Crippen molar-refractivity contribution in [3.05, 3.63) is 59.9 Å². The largest absolute Gasteiger partial charge is 0.378 e. The molecule has 2 rings (SSSR count). The summed E-state index contributed by atoms with van der Waals surface area (Å²) in [5.74, 6) is -0.223. The summed E-state index contributed by atoms with van der Waals surface area (Å²) < 4.78 is 13.6. The van der Waals surface area contributed by atoms with Crippen LogP contribution in [0.3, 0.4) is 0 Å². The molecule has 1 unspecified atom stereocenters. The Hall–Kier alpha value is -2.03. The average molecular weight is 258 g/mol. The monoisotopic (exact) mass is 258 g/mol. The molecule has 0 heterocycles. The zero-order valence-electron chi connectivity index (χ0n) is 11.5. The van der Waals surface area contributed by atoms with E-state index in [1.165, 1.54) is 6.07 Å². The highest BCUT2D eigenvalue weighted by atomic mass is 19.1. The van der Waals surface area contributed by atoms with Crippen LogP contribution in [0, 0.1) is 5.82 Å². The van der Waals surface area contributed by atoms with Gasteiger partial charge in [0.1, 0.15) is 5.82 Å². The van der Waals surface area contributed by atoms with Crippen LogP contribution in [-0.4, -0.2) is 14.1 Å². The minimum atomic E-state index is -0.223. The van der Waals surface area contributed by atoms with E-state index in [1.54, 1.807) is 12.1 Å². The molecule has 0 saturated heterocycles. The van der Waals surface area contributed by atoms with Crippen molar-refractivity contribution in [1.29, 1.82) is 0 Å². The van der Waals surface area contributed by atoms with Gasteiger partial charge in [0, 0.05) is 25.8 Å². The standard InChI is InChI=1S/C16H19FN2/c1-12(18-16-7-5-4-6-15(16)17)13-8-10-14(11-9-13)19(2)3/h4-12,18H,1-3H3. The van der Waals surface area contributed by atoms with Crippen molar-refractivity contribution in [2.24, 2.45) is 0 Å². The third-order valence-electron chi connectivity index (χ3n) is 3.16. The lowest BCUT2D eigenvalue weighted by Crippen LogP contribution is -2.10. The van der Waals surface area contributed by atoms with Crippen molar-refractivity contribution in [2.75, 3.05) is 24.3 Å². The molecule has 0 radical (unpaired) electrons. The molecule has 0 aromatic heterocycles. The quantitative estimate of drug-likeness (QED) is 0.889. The first-order valence-corrected chi connectivity index (χ1v) is 6.36. The molecule has 0 amide bonds. The van der Waals surface area contributed by atoms with Gasteiger partial charge < -0.3 is 10.2 Å². The fourth-order valence-electron chi connectivity index (χ4n) is 1.96. The highest BCUT2D eigenvalue weighted by Crippen LogP contribution is 2.23. The summed E-state index contributed by atoms with van der Waals surface area (Å²) in [5.41, 5.74) is 2.82. The molecule has 0 aliphatic rings. The van der Waals surface area contributed by atoms with Crippen LogP contribution in [-0.2, 0) is 0 Å². The molecule has 0 aliphatic carbocycles. The topological polar surface area (TPSA) is 15.3 Å². The summed E-state index contributed by atoms with van der Waals surface area (Å²) in [5, 5.41) is 3.19. The number of nitrogens with zero attached hydrogens (tertiary/aromatic N) is 1. The van der Waals surface area contributed by atoms with Crippen LogP contribution < -0.4 is 10.2 Å². The van der Waals surface area contributed by atoms with Crippen molar-refractivity contribution in [1.82, 2.24) is 0 Å². The number of para-hydroxylation sites is 1. The van der Waals surface area contributed by atoms with Crippen LogP contribution >= 0.6 is 0 Å². The Kier molecular flexibility index (Phi) is 4.05. The van der Waals surface area contributed by atoms with Crippen LogP contribution in [0.15, 0.2) is 48.5 Å². The molecule has 100 valence electrons. The van der Waals surface area contributed by atoms with Gasteiger partial charge in [-0.05, 0) is 36.8 Å². The third kappa shape index (κ3) is 3.25. The van der Waals surface area contributed by atoms with E-state index in [0.717, 1.165) is 11.3 Å². The van der Waals surface area contributed by atoms with Gasteiger partial charge in [0.15, 0.2) is 0 Å². The number of hydrogen-bond donors (Lipinski definition) is 1. The predicted octanol–water partition coefficient (Wildman–Crippen LogP) is 4.06. The highest BCUT2D eigenvalue weighted by Gasteiger charge is 2.08. The van der Waals surface area contributed by atoms with Crippen LogP contribution in [0.25, 0.3) is 0 Å². The molecule has 2 aromatic rings. The summed E-state index contributed by atoms with van der Waals surface area (Å²) in [4.78, 5) is 2.05. The van der Waals surface area contributed by atoms with Crippen molar-refractivity contribution < 1.29 is 4.39 Å². The maximum atomic E-state index is 13.6. The van der Waals surface area contributed by atoms with Crippen LogP contribution in [0.2, 0.25) is 0 Å². The third-order valence-corrected chi connectivity index (χ3v) is 3.16. The lowest BCUT2D eigenvalue weighted by atomic mass is 10.1. The second-order valence-corrected chi connectivity index (χ2v) is 4.83. The van der Waals surface area contributed by atoms with E-state index < -0.39 is 0 Å². The van der Waals surface area contributed by atoms with Gasteiger partial charge in [-0.1, -0.05) is 24.3 Å². The van der Waals surface area contributed by atoms with E-state index >= 15 is 0 Å². The molecule has 0 fully saturated rings. The number of hydrogen-bond acceptors (Lipinski definition) is 2. The summed E-state index contributed by atoms with van der Waals surface area (Å²) in [7, 11) is 4.02. The number of halogens is 1. The molecule has 2 aromatic carbocycles. The van der Waals surface area contributed by atoms with Crippen LogP contribution in [0.4, 0.5) is 15.8 Å². The van der Waals surface area contributed by atoms with E-state index in [0.29, 0.717) is 5.69 Å². The summed E-state index contributed by atoms with van der Waals surface area (Å²) in [6, 6.07) is 15.0. The van der Waals surface area contributed by atoms with Gasteiger partial charge in [0.05, 0.1) is 5.69 Å². The molecule has 3 heteroatoms. The molecular weight excluding hydrogens is 239 g/mol. The Morgan fingerprint density at radius 3 is 2.21 bits per heavy atom. The molecule has 1 N–H and O–H groups in total. The first-order valence-electron chi connectivity index (χ1n) is 6.36. The van der Waals surface area contributed by atoms with Gasteiger partial charge in [0.2, 0.25) is 0 Å².